The number of hydrogen-bond acceptors (Lipinski definition) is 2. The van der Waals surface area contributed by atoms with E-state index >= 15 is 0 Å². The van der Waals surface area contributed by atoms with Gasteiger partial charge in [0, 0.05) is 19.4 Å². The lowest BCUT2D eigenvalue weighted by Crippen LogP contribution is -2.33. The quantitative estimate of drug-likeness (QED) is 0.523. The maximum Gasteiger partial charge on any atom is 0.219 e. The molecule has 2 atom stereocenters. The lowest BCUT2D eigenvalue weighted by molar-refractivity contribution is -0.131. The molecule has 0 radical (unpaired) electrons. The van der Waals surface area contributed by atoms with Crippen molar-refractivity contribution in [1.82, 2.24) is 4.90 Å². The Balaban J connectivity index is 1.73. The van der Waals surface area contributed by atoms with Crippen LogP contribution in [0.1, 0.15) is 49.1 Å². The van der Waals surface area contributed by atoms with Gasteiger partial charge in [-0.05, 0) is 43.0 Å². The van der Waals surface area contributed by atoms with Crippen LogP contribution in [0.4, 0.5) is 0 Å². The fourth-order valence-electron chi connectivity index (χ4n) is 3.60. The van der Waals surface area contributed by atoms with Crippen molar-refractivity contribution in [1.29, 1.82) is 0 Å². The van der Waals surface area contributed by atoms with E-state index in [1.54, 1.807) is 13.2 Å². The number of benzene rings is 2. The zero-order valence-electron chi connectivity index (χ0n) is 16.0. The predicted molar refractivity (Wildman–Crippen MR) is 108 cm³/mol. The Kier molecular flexibility index (Phi) is 6.48. The molecule has 0 saturated heterocycles. The van der Waals surface area contributed by atoms with E-state index in [0.717, 1.165) is 24.2 Å². The molecule has 3 rings (SSSR count). The zero-order valence-corrected chi connectivity index (χ0v) is 16.0. The van der Waals surface area contributed by atoms with Gasteiger partial charge < -0.3 is 9.32 Å². The van der Waals surface area contributed by atoms with Crippen molar-refractivity contribution in [2.75, 3.05) is 6.54 Å². The van der Waals surface area contributed by atoms with Crippen LogP contribution in [0.2, 0.25) is 0 Å². The number of furan rings is 1. The van der Waals surface area contributed by atoms with Crippen LogP contribution in [0, 0.1) is 0 Å². The summed E-state index contributed by atoms with van der Waals surface area (Å²) in [5.74, 6) is 1.33. The van der Waals surface area contributed by atoms with Crippen molar-refractivity contribution in [3.8, 4) is 0 Å². The summed E-state index contributed by atoms with van der Waals surface area (Å²) in [6.45, 7) is 4.44. The molecule has 1 amide bonds. The molecule has 0 spiro atoms. The van der Waals surface area contributed by atoms with E-state index in [1.807, 2.05) is 41.3 Å². The van der Waals surface area contributed by atoms with Gasteiger partial charge in [-0.15, -0.1) is 0 Å². The van der Waals surface area contributed by atoms with Gasteiger partial charge in [-0.3, -0.25) is 4.79 Å². The van der Waals surface area contributed by atoms with E-state index in [4.69, 9.17) is 4.42 Å². The molecule has 0 fully saturated rings. The van der Waals surface area contributed by atoms with Gasteiger partial charge in [-0.1, -0.05) is 60.7 Å². The summed E-state index contributed by atoms with van der Waals surface area (Å²) in [6, 6.07) is 24.7. The normalized spacial score (nSPS) is 13.1. The number of carbonyl (C=O) groups is 1. The molecule has 0 aliphatic rings. The number of rotatable bonds is 8. The van der Waals surface area contributed by atoms with Gasteiger partial charge >= 0.3 is 0 Å². The molecule has 1 heterocycles. The third kappa shape index (κ3) is 5.10. The van der Waals surface area contributed by atoms with Gasteiger partial charge in [-0.25, -0.2) is 0 Å². The van der Waals surface area contributed by atoms with Crippen LogP contribution in [0.15, 0.2) is 83.5 Å². The maximum atomic E-state index is 12.3. The van der Waals surface area contributed by atoms with Gasteiger partial charge in [0.15, 0.2) is 0 Å². The van der Waals surface area contributed by atoms with Gasteiger partial charge in [0.25, 0.3) is 0 Å². The van der Waals surface area contributed by atoms with Gasteiger partial charge in [0.1, 0.15) is 5.76 Å². The lowest BCUT2D eigenvalue weighted by Gasteiger charge is -2.30. The van der Waals surface area contributed by atoms with E-state index in [2.05, 4.69) is 43.3 Å². The molecule has 2 unspecified atom stereocenters. The van der Waals surface area contributed by atoms with Crippen molar-refractivity contribution in [3.63, 3.8) is 0 Å². The van der Waals surface area contributed by atoms with E-state index in [0.29, 0.717) is 6.54 Å². The van der Waals surface area contributed by atoms with Crippen LogP contribution in [-0.2, 0) is 11.2 Å². The van der Waals surface area contributed by atoms with Crippen molar-refractivity contribution in [2.24, 2.45) is 0 Å². The molecule has 3 nitrogen and oxygen atoms in total. The lowest BCUT2D eigenvalue weighted by atomic mass is 9.93. The summed E-state index contributed by atoms with van der Waals surface area (Å²) in [6.07, 6.45) is 3.49. The summed E-state index contributed by atoms with van der Waals surface area (Å²) < 4.78 is 5.70. The summed E-state index contributed by atoms with van der Waals surface area (Å²) in [7, 11) is 0. The molecule has 140 valence electrons. The highest BCUT2D eigenvalue weighted by molar-refractivity contribution is 5.73. The first-order chi connectivity index (χ1) is 13.1. The third-order valence-corrected chi connectivity index (χ3v) is 5.14. The number of nitrogens with zero attached hydrogens (tertiary/aromatic N) is 1. The minimum Gasteiger partial charge on any atom is -0.469 e. The van der Waals surface area contributed by atoms with Gasteiger partial charge in [0.05, 0.1) is 12.3 Å². The summed E-state index contributed by atoms with van der Waals surface area (Å²) in [4.78, 5) is 14.3. The number of amides is 1. The monoisotopic (exact) mass is 361 g/mol. The second kappa shape index (κ2) is 9.22. The topological polar surface area (TPSA) is 33.5 Å². The standard InChI is InChI=1S/C24H27NO2/c1-19(22-12-7-4-8-13-22)25(20(2)26)16-15-23(24-14-9-17-27-24)18-21-10-5-3-6-11-21/h3-14,17,19,23H,15-16,18H2,1-2H3. The Morgan fingerprint density at radius 3 is 2.22 bits per heavy atom. The van der Waals surface area contributed by atoms with Crippen LogP contribution in [0.3, 0.4) is 0 Å². The van der Waals surface area contributed by atoms with Crippen molar-refractivity contribution in [3.05, 3.63) is 95.9 Å². The highest BCUT2D eigenvalue weighted by atomic mass is 16.3. The summed E-state index contributed by atoms with van der Waals surface area (Å²) in [5, 5.41) is 0. The van der Waals surface area contributed by atoms with Crippen LogP contribution in [-0.4, -0.2) is 17.4 Å². The number of hydrogen-bond donors (Lipinski definition) is 0. The number of carbonyl (C=O) groups excluding carboxylic acids is 1. The zero-order chi connectivity index (χ0) is 19.1. The van der Waals surface area contributed by atoms with Gasteiger partial charge in [-0.2, -0.15) is 0 Å². The van der Waals surface area contributed by atoms with Crippen LogP contribution >= 0.6 is 0 Å². The summed E-state index contributed by atoms with van der Waals surface area (Å²) >= 11 is 0. The molecule has 0 aliphatic heterocycles. The molecule has 0 bridgehead atoms. The Hall–Kier alpha value is -2.81. The SMILES string of the molecule is CC(=O)N(CCC(Cc1ccccc1)c1ccco1)C(C)c1ccccc1. The van der Waals surface area contributed by atoms with Crippen molar-refractivity contribution < 1.29 is 9.21 Å². The minimum atomic E-state index is 0.0534. The Morgan fingerprint density at radius 2 is 1.63 bits per heavy atom. The van der Waals surface area contributed by atoms with E-state index in [-0.39, 0.29) is 17.9 Å². The van der Waals surface area contributed by atoms with E-state index in [9.17, 15) is 4.79 Å². The molecule has 0 aliphatic carbocycles. The average molecular weight is 361 g/mol. The Labute approximate surface area is 161 Å². The molecule has 3 heteroatoms. The second-order valence-corrected chi connectivity index (χ2v) is 6.99. The molecule has 3 aromatic rings. The molecule has 0 saturated carbocycles. The first-order valence-corrected chi connectivity index (χ1v) is 9.54. The van der Waals surface area contributed by atoms with Crippen molar-refractivity contribution in [2.45, 2.75) is 38.6 Å². The predicted octanol–water partition coefficient (Wildman–Crippen LogP) is 5.61. The molecule has 27 heavy (non-hydrogen) atoms. The molecule has 2 aromatic carbocycles. The average Bonchev–Trinajstić information content (AvgIpc) is 3.23. The smallest absolute Gasteiger partial charge is 0.219 e. The Bertz CT molecular complexity index is 812. The van der Waals surface area contributed by atoms with Crippen LogP contribution in [0.25, 0.3) is 0 Å². The maximum absolute atomic E-state index is 12.3. The second-order valence-electron chi connectivity index (χ2n) is 6.99. The molecule has 1 aromatic heterocycles. The molecule has 0 N–H and O–H groups in total. The Morgan fingerprint density at radius 1 is 0.963 bits per heavy atom. The highest BCUT2D eigenvalue weighted by Gasteiger charge is 2.22. The van der Waals surface area contributed by atoms with E-state index in [1.165, 1.54) is 5.56 Å². The highest BCUT2D eigenvalue weighted by Crippen LogP contribution is 2.28. The third-order valence-electron chi connectivity index (χ3n) is 5.14. The molecular weight excluding hydrogens is 334 g/mol. The van der Waals surface area contributed by atoms with E-state index < -0.39 is 0 Å². The van der Waals surface area contributed by atoms with Crippen LogP contribution < -0.4 is 0 Å². The largest absolute Gasteiger partial charge is 0.469 e. The minimum absolute atomic E-state index is 0.0534. The fourth-order valence-corrected chi connectivity index (χ4v) is 3.60. The summed E-state index contributed by atoms with van der Waals surface area (Å²) in [5.41, 5.74) is 2.44. The van der Waals surface area contributed by atoms with Crippen LogP contribution in [0.5, 0.6) is 0 Å². The van der Waals surface area contributed by atoms with Crippen molar-refractivity contribution >= 4 is 5.91 Å². The molecular formula is C24H27NO2. The first kappa shape index (κ1) is 19.0. The fraction of sp³-hybridized carbons (Fsp3) is 0.292. The van der Waals surface area contributed by atoms with Gasteiger partial charge in [0.2, 0.25) is 5.91 Å². The first-order valence-electron chi connectivity index (χ1n) is 9.54.